The van der Waals surface area contributed by atoms with E-state index >= 15 is 0 Å². The summed E-state index contributed by atoms with van der Waals surface area (Å²) in [5, 5.41) is 0. The van der Waals surface area contributed by atoms with Gasteiger partial charge in [0.15, 0.2) is 11.7 Å². The summed E-state index contributed by atoms with van der Waals surface area (Å²) in [6.07, 6.45) is 1.90. The molecule has 0 bridgehead atoms. The van der Waals surface area contributed by atoms with Crippen LogP contribution < -0.4 is 0 Å². The van der Waals surface area contributed by atoms with Crippen molar-refractivity contribution in [3.05, 3.63) is 81.4 Å². The Morgan fingerprint density at radius 2 is 1.81 bits per heavy atom. The highest BCUT2D eigenvalue weighted by atomic mass is 16.8. The van der Waals surface area contributed by atoms with Crippen LogP contribution in [0.1, 0.15) is 72.6 Å². The van der Waals surface area contributed by atoms with Crippen molar-refractivity contribution < 1.29 is 33.3 Å². The van der Waals surface area contributed by atoms with Crippen LogP contribution in [0.15, 0.2) is 53.6 Å². The van der Waals surface area contributed by atoms with Crippen LogP contribution in [0.3, 0.4) is 0 Å². The minimum Gasteiger partial charge on any atom is -0.458 e. The van der Waals surface area contributed by atoms with Gasteiger partial charge in [-0.1, -0.05) is 57.2 Å². The first-order valence-electron chi connectivity index (χ1n) is 15.9. The highest BCUT2D eigenvalue weighted by molar-refractivity contribution is 5.93. The van der Waals surface area contributed by atoms with E-state index in [1.807, 2.05) is 24.3 Å². The number of benzene rings is 2. The van der Waals surface area contributed by atoms with Gasteiger partial charge in [-0.15, -0.1) is 0 Å². The first-order valence-corrected chi connectivity index (χ1v) is 15.9. The predicted octanol–water partition coefficient (Wildman–Crippen LogP) is 5.18. The van der Waals surface area contributed by atoms with Gasteiger partial charge in [0.2, 0.25) is 0 Å². The molecule has 2 saturated carbocycles. The molecule has 2 spiro atoms. The van der Waals surface area contributed by atoms with Crippen LogP contribution in [0.25, 0.3) is 0 Å². The largest absolute Gasteiger partial charge is 0.458 e. The molecule has 9 atom stereocenters. The van der Waals surface area contributed by atoms with E-state index < -0.39 is 22.9 Å². The molecule has 5 fully saturated rings. The predicted molar refractivity (Wildman–Crippen MR) is 155 cm³/mol. The molecule has 224 valence electrons. The lowest BCUT2D eigenvalue weighted by Crippen LogP contribution is -2.70. The van der Waals surface area contributed by atoms with Gasteiger partial charge in [-0.05, 0) is 85.3 Å². The molecule has 7 aliphatic rings. The van der Waals surface area contributed by atoms with Crippen LogP contribution in [-0.2, 0) is 34.9 Å². The lowest BCUT2D eigenvalue weighted by molar-refractivity contribution is -0.136. The second-order valence-corrected chi connectivity index (χ2v) is 14.5. The summed E-state index contributed by atoms with van der Waals surface area (Å²) in [4.78, 5) is 26.8. The number of hydrogen-bond acceptors (Lipinski definition) is 7. The fourth-order valence-electron chi connectivity index (χ4n) is 10.1. The van der Waals surface area contributed by atoms with Gasteiger partial charge in [-0.3, -0.25) is 0 Å². The Kier molecular flexibility index (Phi) is 5.02. The zero-order valence-corrected chi connectivity index (χ0v) is 25.4. The van der Waals surface area contributed by atoms with Crippen molar-refractivity contribution in [2.75, 3.05) is 6.61 Å². The molecule has 9 rings (SSSR count). The molecule has 2 aromatic carbocycles. The van der Waals surface area contributed by atoms with Gasteiger partial charge < -0.3 is 23.7 Å². The molecule has 0 radical (unpaired) electrons. The molecule has 7 heteroatoms. The molecule has 0 aromatic heterocycles. The maximum atomic E-state index is 14.3. The molecule has 0 amide bonds. The lowest BCUT2D eigenvalue weighted by Gasteiger charge is -2.53. The van der Waals surface area contributed by atoms with Gasteiger partial charge in [0, 0.05) is 11.0 Å². The third kappa shape index (κ3) is 2.97. The highest BCUT2D eigenvalue weighted by Crippen LogP contribution is 2.83. The molecule has 4 aliphatic heterocycles. The third-order valence-electron chi connectivity index (χ3n) is 12.6. The van der Waals surface area contributed by atoms with Crippen LogP contribution in [-0.4, -0.2) is 59.8 Å². The van der Waals surface area contributed by atoms with E-state index in [-0.39, 0.29) is 47.5 Å². The normalized spacial score (nSPS) is 42.6. The Hall–Kier alpha value is -3.00. The van der Waals surface area contributed by atoms with Crippen molar-refractivity contribution in [3.8, 4) is 0 Å². The van der Waals surface area contributed by atoms with Crippen LogP contribution in [0, 0.1) is 31.1 Å². The molecule has 0 N–H and O–H groups in total. The van der Waals surface area contributed by atoms with E-state index in [1.165, 1.54) is 16.7 Å². The second-order valence-electron chi connectivity index (χ2n) is 14.5. The van der Waals surface area contributed by atoms with Gasteiger partial charge >= 0.3 is 11.9 Å². The highest BCUT2D eigenvalue weighted by Gasteiger charge is 3.01. The number of carbonyl (C=O) groups is 2. The van der Waals surface area contributed by atoms with Crippen LogP contribution in [0.2, 0.25) is 0 Å². The zero-order chi connectivity index (χ0) is 29.7. The monoisotopic (exact) mass is 582 g/mol. The molecule has 3 saturated heterocycles. The fourth-order valence-corrected chi connectivity index (χ4v) is 10.1. The van der Waals surface area contributed by atoms with E-state index in [0.717, 1.165) is 29.6 Å². The summed E-state index contributed by atoms with van der Waals surface area (Å²) in [7, 11) is 0. The first kappa shape index (κ1) is 26.4. The van der Waals surface area contributed by atoms with Gasteiger partial charge in [-0.25, -0.2) is 9.59 Å². The SMILES string of the molecule is Cc1cccc(Cc2ccccc2C(=O)OC2C3(C(C)C)OC3C3OC34C3(C)CCC5=C(COC5=O)C3CC3OC324)c1C. The first-order chi connectivity index (χ1) is 20.6. The van der Waals surface area contributed by atoms with E-state index in [1.54, 1.807) is 0 Å². The Morgan fingerprint density at radius 1 is 1.02 bits per heavy atom. The van der Waals surface area contributed by atoms with Crippen LogP contribution >= 0.6 is 0 Å². The van der Waals surface area contributed by atoms with Crippen molar-refractivity contribution in [2.24, 2.45) is 17.3 Å². The van der Waals surface area contributed by atoms with Crippen molar-refractivity contribution >= 4 is 11.9 Å². The molecule has 9 unspecified atom stereocenters. The van der Waals surface area contributed by atoms with Crippen LogP contribution in [0.5, 0.6) is 0 Å². The standard InChI is InChI=1S/C36H38O7/c1-18(2)34-28(42-34)29-36(43-29)33(5)14-13-24-25(17-39-30(24)37)26(33)16-27-35(36,41-27)32(34)40-31(38)23-12-7-6-10-22(23)15-21-11-8-9-19(3)20(21)4/h6-12,18,26-29,32H,13-17H2,1-5H3. The lowest BCUT2D eigenvalue weighted by atomic mass is 9.46. The fraction of sp³-hybridized carbons (Fsp3) is 0.556. The Labute approximate surface area is 251 Å². The summed E-state index contributed by atoms with van der Waals surface area (Å²) in [6.45, 7) is 11.2. The van der Waals surface area contributed by atoms with Crippen molar-refractivity contribution in [1.82, 2.24) is 0 Å². The number of epoxide rings is 3. The molecule has 43 heavy (non-hydrogen) atoms. The summed E-state index contributed by atoms with van der Waals surface area (Å²) in [5.41, 5.74) is 4.85. The Morgan fingerprint density at radius 3 is 2.63 bits per heavy atom. The molecule has 4 heterocycles. The van der Waals surface area contributed by atoms with Crippen molar-refractivity contribution in [1.29, 1.82) is 0 Å². The minimum atomic E-state index is -0.764. The number of ether oxygens (including phenoxy) is 5. The maximum Gasteiger partial charge on any atom is 0.338 e. The number of carbonyl (C=O) groups excluding carboxylic acids is 2. The number of rotatable bonds is 5. The van der Waals surface area contributed by atoms with Gasteiger partial charge in [0.1, 0.15) is 30.0 Å². The number of aryl methyl sites for hydroxylation is 1. The minimum absolute atomic E-state index is 0.106. The average molecular weight is 583 g/mol. The molecule has 7 nitrogen and oxygen atoms in total. The number of esters is 2. The molecular weight excluding hydrogens is 544 g/mol. The summed E-state index contributed by atoms with van der Waals surface area (Å²) in [5.74, 6) is -0.272. The summed E-state index contributed by atoms with van der Waals surface area (Å²) < 4.78 is 32.5. The van der Waals surface area contributed by atoms with Gasteiger partial charge in [0.05, 0.1) is 11.7 Å². The molecular formula is C36H38O7. The molecule has 3 aliphatic carbocycles. The summed E-state index contributed by atoms with van der Waals surface area (Å²) in [6, 6.07) is 14.1. The topological polar surface area (TPSA) is 90.2 Å². The number of fused-ring (bicyclic) bond motifs is 4. The quantitative estimate of drug-likeness (QED) is 0.355. The second kappa shape index (κ2) is 8.17. The van der Waals surface area contributed by atoms with Crippen LogP contribution in [0.4, 0.5) is 0 Å². The maximum absolute atomic E-state index is 14.3. The average Bonchev–Trinajstić information content (AvgIpc) is 3.90. The smallest absolute Gasteiger partial charge is 0.338 e. The zero-order valence-electron chi connectivity index (χ0n) is 25.4. The Balaban J connectivity index is 1.10. The van der Waals surface area contributed by atoms with E-state index in [2.05, 4.69) is 52.8 Å². The van der Waals surface area contributed by atoms with Gasteiger partial charge in [-0.2, -0.15) is 0 Å². The third-order valence-corrected chi connectivity index (χ3v) is 12.6. The molecule has 2 aromatic rings. The number of hydrogen-bond donors (Lipinski definition) is 0. The Bertz CT molecular complexity index is 1660. The van der Waals surface area contributed by atoms with E-state index in [4.69, 9.17) is 23.7 Å². The summed E-state index contributed by atoms with van der Waals surface area (Å²) >= 11 is 0. The van der Waals surface area contributed by atoms with Gasteiger partial charge in [0.25, 0.3) is 0 Å². The van der Waals surface area contributed by atoms with Crippen molar-refractivity contribution in [2.45, 2.75) is 102 Å². The number of cyclic esters (lactones) is 1. The van der Waals surface area contributed by atoms with E-state index in [0.29, 0.717) is 25.0 Å². The van der Waals surface area contributed by atoms with E-state index in [9.17, 15) is 9.59 Å². The van der Waals surface area contributed by atoms with Crippen molar-refractivity contribution in [3.63, 3.8) is 0 Å².